The van der Waals surface area contributed by atoms with Gasteiger partial charge in [0.2, 0.25) is 0 Å². The number of rotatable bonds is 0. The van der Waals surface area contributed by atoms with E-state index in [0.29, 0.717) is 0 Å². The predicted octanol–water partition coefficient (Wildman–Crippen LogP) is 2.58. The van der Waals surface area contributed by atoms with E-state index in [4.69, 9.17) is 5.73 Å². The first-order valence-corrected chi connectivity index (χ1v) is 4.37. The van der Waals surface area contributed by atoms with E-state index in [1.165, 1.54) is 0 Å². The Morgan fingerprint density at radius 3 is 2.75 bits per heavy atom. The second-order valence-corrected chi connectivity index (χ2v) is 3.40. The quantitative estimate of drug-likeness (QED) is 0.550. The molecule has 0 aliphatic carbocycles. The van der Waals surface area contributed by atoms with E-state index in [1.54, 1.807) is 0 Å². The summed E-state index contributed by atoms with van der Waals surface area (Å²) in [6.07, 6.45) is 0. The largest absolute Gasteiger partial charge is 0.399 e. The van der Waals surface area contributed by atoms with Gasteiger partial charge in [-0.15, -0.1) is 0 Å². The minimum Gasteiger partial charge on any atom is -0.399 e. The molecular formula is C9H7BrN2. The maximum atomic E-state index is 5.62. The van der Waals surface area contributed by atoms with Crippen molar-refractivity contribution in [1.29, 1.82) is 0 Å². The van der Waals surface area contributed by atoms with Gasteiger partial charge in [-0.2, -0.15) is 0 Å². The van der Waals surface area contributed by atoms with Crippen LogP contribution in [0.5, 0.6) is 0 Å². The molecule has 0 aliphatic heterocycles. The van der Waals surface area contributed by atoms with Crippen LogP contribution in [0.4, 0.5) is 5.69 Å². The summed E-state index contributed by atoms with van der Waals surface area (Å²) in [5.74, 6) is 0. The summed E-state index contributed by atoms with van der Waals surface area (Å²) in [4.78, 5) is 4.27. The predicted molar refractivity (Wildman–Crippen MR) is 53.9 cm³/mol. The van der Waals surface area contributed by atoms with E-state index in [9.17, 15) is 0 Å². The van der Waals surface area contributed by atoms with Crippen LogP contribution in [-0.2, 0) is 0 Å². The Morgan fingerprint density at radius 1 is 1.17 bits per heavy atom. The summed E-state index contributed by atoms with van der Waals surface area (Å²) in [6.45, 7) is 0. The lowest BCUT2D eigenvalue weighted by molar-refractivity contribution is 1.35. The summed E-state index contributed by atoms with van der Waals surface area (Å²) in [6, 6.07) is 9.62. The van der Waals surface area contributed by atoms with Gasteiger partial charge in [0.15, 0.2) is 0 Å². The molecule has 0 spiro atoms. The van der Waals surface area contributed by atoms with Crippen LogP contribution in [0.1, 0.15) is 0 Å². The average Bonchev–Trinajstić information content (AvgIpc) is 2.03. The summed E-state index contributed by atoms with van der Waals surface area (Å²) < 4.78 is 0.834. The van der Waals surface area contributed by atoms with Gasteiger partial charge in [0.1, 0.15) is 4.60 Å². The fourth-order valence-electron chi connectivity index (χ4n) is 1.11. The smallest absolute Gasteiger partial charge is 0.106 e. The summed E-state index contributed by atoms with van der Waals surface area (Å²) in [7, 11) is 0. The summed E-state index contributed by atoms with van der Waals surface area (Å²) >= 11 is 3.31. The molecule has 1 aromatic heterocycles. The number of hydrogen-bond acceptors (Lipinski definition) is 2. The fraction of sp³-hybridized carbons (Fsp3) is 0. The highest BCUT2D eigenvalue weighted by Crippen LogP contribution is 2.17. The van der Waals surface area contributed by atoms with Crippen LogP contribution in [0, 0.1) is 0 Å². The zero-order valence-electron chi connectivity index (χ0n) is 6.29. The van der Waals surface area contributed by atoms with E-state index in [2.05, 4.69) is 20.9 Å². The second-order valence-electron chi connectivity index (χ2n) is 2.59. The van der Waals surface area contributed by atoms with E-state index in [0.717, 1.165) is 21.2 Å². The maximum Gasteiger partial charge on any atom is 0.106 e. The van der Waals surface area contributed by atoms with Gasteiger partial charge in [-0.1, -0.05) is 12.1 Å². The van der Waals surface area contributed by atoms with Crippen molar-refractivity contribution in [3.05, 3.63) is 34.9 Å². The number of nitrogen functional groups attached to an aromatic ring is 1. The first-order chi connectivity index (χ1) is 5.75. The summed E-state index contributed by atoms with van der Waals surface area (Å²) in [5.41, 5.74) is 7.28. The third-order valence-corrected chi connectivity index (χ3v) is 2.12. The maximum absolute atomic E-state index is 5.62. The average molecular weight is 223 g/mol. The van der Waals surface area contributed by atoms with Crippen LogP contribution in [0.25, 0.3) is 10.9 Å². The van der Waals surface area contributed by atoms with Crippen molar-refractivity contribution in [1.82, 2.24) is 4.98 Å². The highest BCUT2D eigenvalue weighted by atomic mass is 79.9. The van der Waals surface area contributed by atoms with Crippen molar-refractivity contribution >= 4 is 32.5 Å². The number of nitrogens with zero attached hydrogens (tertiary/aromatic N) is 1. The Labute approximate surface area is 78.5 Å². The van der Waals surface area contributed by atoms with Gasteiger partial charge in [0.05, 0.1) is 5.52 Å². The first kappa shape index (κ1) is 7.55. The molecule has 0 saturated carbocycles. The van der Waals surface area contributed by atoms with Crippen molar-refractivity contribution in [3.63, 3.8) is 0 Å². The molecule has 0 bridgehead atoms. The molecule has 12 heavy (non-hydrogen) atoms. The molecule has 2 N–H and O–H groups in total. The van der Waals surface area contributed by atoms with Crippen molar-refractivity contribution < 1.29 is 0 Å². The van der Waals surface area contributed by atoms with Gasteiger partial charge in [-0.05, 0) is 34.1 Å². The molecule has 0 amide bonds. The molecule has 1 heterocycles. The van der Waals surface area contributed by atoms with Crippen LogP contribution in [0.3, 0.4) is 0 Å². The number of pyridine rings is 1. The molecule has 0 saturated heterocycles. The van der Waals surface area contributed by atoms with Crippen molar-refractivity contribution in [3.8, 4) is 0 Å². The van der Waals surface area contributed by atoms with Gasteiger partial charge in [0.25, 0.3) is 0 Å². The Balaban J connectivity index is 2.80. The summed E-state index contributed by atoms with van der Waals surface area (Å²) in [5, 5.41) is 1.10. The molecule has 0 aliphatic rings. The Morgan fingerprint density at radius 2 is 1.92 bits per heavy atom. The number of benzene rings is 1. The third kappa shape index (κ3) is 1.28. The zero-order valence-corrected chi connectivity index (χ0v) is 7.88. The van der Waals surface area contributed by atoms with Crippen LogP contribution in [0.2, 0.25) is 0 Å². The van der Waals surface area contributed by atoms with Gasteiger partial charge in [0, 0.05) is 11.1 Å². The molecule has 2 rings (SSSR count). The van der Waals surface area contributed by atoms with Gasteiger partial charge in [-0.25, -0.2) is 4.98 Å². The molecular weight excluding hydrogens is 216 g/mol. The molecule has 2 aromatic rings. The number of halogens is 1. The molecule has 1 aromatic carbocycles. The Bertz CT molecular complexity index is 389. The van der Waals surface area contributed by atoms with E-state index < -0.39 is 0 Å². The fourth-order valence-corrected chi connectivity index (χ4v) is 1.43. The molecule has 3 heteroatoms. The minimum atomic E-state index is 0.744. The lowest BCUT2D eigenvalue weighted by atomic mass is 10.2. The standard InChI is InChI=1S/C9H7BrN2/c10-9-4-2-6-1-3-7(11)5-8(6)12-9/h1-5H,11H2. The second kappa shape index (κ2) is 2.75. The SMILES string of the molecule is Nc1ccc2ccc(Br)nc2c1. The Hall–Kier alpha value is -1.09. The van der Waals surface area contributed by atoms with Crippen molar-refractivity contribution in [2.24, 2.45) is 0 Å². The van der Waals surface area contributed by atoms with Crippen molar-refractivity contribution in [2.45, 2.75) is 0 Å². The zero-order chi connectivity index (χ0) is 8.55. The van der Waals surface area contributed by atoms with Gasteiger partial charge in [-0.3, -0.25) is 0 Å². The minimum absolute atomic E-state index is 0.744. The number of fused-ring (bicyclic) bond motifs is 1. The van der Waals surface area contributed by atoms with Gasteiger partial charge >= 0.3 is 0 Å². The van der Waals surface area contributed by atoms with E-state index >= 15 is 0 Å². The third-order valence-electron chi connectivity index (χ3n) is 1.68. The number of nitrogens with two attached hydrogens (primary N) is 1. The number of hydrogen-bond donors (Lipinski definition) is 1. The van der Waals surface area contributed by atoms with Crippen LogP contribution in [-0.4, -0.2) is 4.98 Å². The molecule has 60 valence electrons. The normalized spacial score (nSPS) is 10.4. The first-order valence-electron chi connectivity index (χ1n) is 3.57. The van der Waals surface area contributed by atoms with Crippen molar-refractivity contribution in [2.75, 3.05) is 5.73 Å². The molecule has 2 nitrogen and oxygen atoms in total. The van der Waals surface area contributed by atoms with Gasteiger partial charge < -0.3 is 5.73 Å². The molecule has 0 fully saturated rings. The number of aromatic nitrogens is 1. The molecule has 0 atom stereocenters. The van der Waals surface area contributed by atoms with Crippen LogP contribution >= 0.6 is 15.9 Å². The van der Waals surface area contributed by atoms with Crippen LogP contribution in [0.15, 0.2) is 34.9 Å². The highest BCUT2D eigenvalue weighted by molar-refractivity contribution is 9.10. The Kier molecular flexibility index (Phi) is 1.73. The monoisotopic (exact) mass is 222 g/mol. The van der Waals surface area contributed by atoms with Crippen LogP contribution < -0.4 is 5.73 Å². The molecule has 0 unspecified atom stereocenters. The topological polar surface area (TPSA) is 38.9 Å². The number of anilines is 1. The lowest BCUT2D eigenvalue weighted by Gasteiger charge is -1.98. The highest BCUT2D eigenvalue weighted by Gasteiger charge is 1.95. The van der Waals surface area contributed by atoms with E-state index in [-0.39, 0.29) is 0 Å². The van der Waals surface area contributed by atoms with E-state index in [1.807, 2.05) is 30.3 Å². The molecule has 0 radical (unpaired) electrons. The lowest BCUT2D eigenvalue weighted by Crippen LogP contribution is -1.85.